The number of hydrogen-bond acceptors (Lipinski definition) is 7. The molecule has 0 aliphatic carbocycles. The SMILES string of the molecule is CC(=O)OCC12OC3(CO)CC1S(=O)(=O)OC2C3C. The standard InChI is InChI=1S/C11H16O7S/c1-6-9-11(5-16-7(2)13)8(19(14,15)17-9)3-10(6,4-12)18-11/h6,8-9,12H,3-5H2,1-2H3. The second-order valence-electron chi connectivity index (χ2n) is 5.55. The number of aliphatic hydroxyl groups is 1. The number of ether oxygens (including phenoxy) is 2. The first kappa shape index (κ1) is 13.3. The van der Waals surface area contributed by atoms with Gasteiger partial charge in [0.15, 0.2) is 0 Å². The van der Waals surface area contributed by atoms with Gasteiger partial charge < -0.3 is 14.6 Å². The number of carbonyl (C=O) groups is 1. The van der Waals surface area contributed by atoms with Gasteiger partial charge >= 0.3 is 5.97 Å². The molecule has 3 rings (SSSR count). The molecule has 7 nitrogen and oxygen atoms in total. The van der Waals surface area contributed by atoms with Gasteiger partial charge in [0.1, 0.15) is 23.6 Å². The van der Waals surface area contributed by atoms with E-state index in [1.54, 1.807) is 6.92 Å². The fourth-order valence-electron chi connectivity index (χ4n) is 3.57. The van der Waals surface area contributed by atoms with Gasteiger partial charge in [-0.1, -0.05) is 6.92 Å². The van der Waals surface area contributed by atoms with Crippen LogP contribution in [0.5, 0.6) is 0 Å². The van der Waals surface area contributed by atoms with Crippen molar-refractivity contribution in [3.05, 3.63) is 0 Å². The predicted octanol–water partition coefficient (Wildman–Crippen LogP) is -0.813. The molecule has 8 heteroatoms. The normalized spacial score (nSPS) is 49.5. The van der Waals surface area contributed by atoms with Crippen LogP contribution in [0.15, 0.2) is 0 Å². The Kier molecular flexibility index (Phi) is 2.58. The molecule has 108 valence electrons. The second-order valence-corrected chi connectivity index (χ2v) is 7.30. The topological polar surface area (TPSA) is 99.1 Å². The van der Waals surface area contributed by atoms with Gasteiger partial charge in [-0.2, -0.15) is 8.42 Å². The molecule has 0 radical (unpaired) electrons. The van der Waals surface area contributed by atoms with Crippen molar-refractivity contribution in [2.75, 3.05) is 13.2 Å². The fourth-order valence-corrected chi connectivity index (χ4v) is 5.55. The van der Waals surface area contributed by atoms with E-state index in [9.17, 15) is 18.3 Å². The number of esters is 1. The van der Waals surface area contributed by atoms with Gasteiger partial charge in [-0.25, -0.2) is 0 Å². The minimum atomic E-state index is -3.75. The highest BCUT2D eigenvalue weighted by molar-refractivity contribution is 7.87. The smallest absolute Gasteiger partial charge is 0.302 e. The molecule has 5 unspecified atom stereocenters. The molecule has 0 aromatic rings. The van der Waals surface area contributed by atoms with Crippen LogP contribution < -0.4 is 0 Å². The lowest BCUT2D eigenvalue weighted by Gasteiger charge is -2.30. The zero-order valence-electron chi connectivity index (χ0n) is 10.7. The van der Waals surface area contributed by atoms with Crippen molar-refractivity contribution in [2.24, 2.45) is 5.92 Å². The van der Waals surface area contributed by atoms with Crippen LogP contribution in [0.25, 0.3) is 0 Å². The fraction of sp³-hybridized carbons (Fsp3) is 0.909. The predicted molar refractivity (Wildman–Crippen MR) is 61.6 cm³/mol. The number of hydrogen-bond donors (Lipinski definition) is 1. The summed E-state index contributed by atoms with van der Waals surface area (Å²) in [7, 11) is -3.75. The van der Waals surface area contributed by atoms with E-state index in [2.05, 4.69) is 0 Å². The summed E-state index contributed by atoms with van der Waals surface area (Å²) in [5.74, 6) is -0.780. The van der Waals surface area contributed by atoms with E-state index >= 15 is 0 Å². The molecule has 3 aliphatic rings. The Balaban J connectivity index is 2.02. The molecule has 0 saturated carbocycles. The Hall–Kier alpha value is -0.700. The van der Waals surface area contributed by atoms with E-state index in [-0.39, 0.29) is 25.6 Å². The Morgan fingerprint density at radius 1 is 1.53 bits per heavy atom. The lowest BCUT2D eigenvalue weighted by Crippen LogP contribution is -2.51. The van der Waals surface area contributed by atoms with Gasteiger partial charge in [0, 0.05) is 19.3 Å². The maximum absolute atomic E-state index is 12.0. The lowest BCUT2D eigenvalue weighted by atomic mass is 9.73. The van der Waals surface area contributed by atoms with E-state index < -0.39 is 38.6 Å². The van der Waals surface area contributed by atoms with Crippen LogP contribution in [0.3, 0.4) is 0 Å². The zero-order chi connectivity index (χ0) is 14.1. The molecule has 3 aliphatic heterocycles. The van der Waals surface area contributed by atoms with Crippen molar-refractivity contribution in [1.29, 1.82) is 0 Å². The Morgan fingerprint density at radius 3 is 2.79 bits per heavy atom. The van der Waals surface area contributed by atoms with Crippen molar-refractivity contribution in [2.45, 2.75) is 42.8 Å². The Bertz CT molecular complexity index is 529. The van der Waals surface area contributed by atoms with Crippen molar-refractivity contribution in [1.82, 2.24) is 0 Å². The summed E-state index contributed by atoms with van der Waals surface area (Å²) >= 11 is 0. The van der Waals surface area contributed by atoms with Gasteiger partial charge in [-0.3, -0.25) is 8.98 Å². The molecular formula is C11H16O7S. The van der Waals surface area contributed by atoms with Crippen LogP contribution in [0.2, 0.25) is 0 Å². The van der Waals surface area contributed by atoms with Gasteiger partial charge in [-0.15, -0.1) is 0 Å². The van der Waals surface area contributed by atoms with E-state index in [0.717, 1.165) is 0 Å². The van der Waals surface area contributed by atoms with Crippen LogP contribution in [0.1, 0.15) is 20.3 Å². The minimum Gasteiger partial charge on any atom is -0.463 e. The molecule has 0 spiro atoms. The lowest BCUT2D eigenvalue weighted by molar-refractivity contribution is -0.155. The van der Waals surface area contributed by atoms with Crippen LogP contribution in [0, 0.1) is 5.92 Å². The summed E-state index contributed by atoms with van der Waals surface area (Å²) in [6.45, 7) is 2.60. The summed E-state index contributed by atoms with van der Waals surface area (Å²) < 4.78 is 40.0. The number of carbonyl (C=O) groups excluding carboxylic acids is 1. The molecule has 0 amide bonds. The van der Waals surface area contributed by atoms with E-state index in [0.29, 0.717) is 0 Å². The van der Waals surface area contributed by atoms with E-state index in [4.69, 9.17) is 13.7 Å². The second kappa shape index (κ2) is 3.69. The number of rotatable bonds is 3. The highest BCUT2D eigenvalue weighted by Crippen LogP contribution is 2.61. The molecule has 19 heavy (non-hydrogen) atoms. The van der Waals surface area contributed by atoms with Crippen molar-refractivity contribution < 1.29 is 32.0 Å². The average Bonchev–Trinajstić information content (AvgIpc) is 2.84. The van der Waals surface area contributed by atoms with E-state index in [1.807, 2.05) is 0 Å². The van der Waals surface area contributed by atoms with Gasteiger partial charge in [0.25, 0.3) is 10.1 Å². The summed E-state index contributed by atoms with van der Waals surface area (Å²) in [5, 5.41) is 8.67. The van der Waals surface area contributed by atoms with Gasteiger partial charge in [0.05, 0.1) is 12.2 Å². The van der Waals surface area contributed by atoms with Crippen LogP contribution >= 0.6 is 0 Å². The number of aliphatic hydroxyl groups excluding tert-OH is 1. The molecule has 5 atom stereocenters. The number of fused-ring (bicyclic) bond motifs is 1. The van der Waals surface area contributed by atoms with Crippen LogP contribution in [-0.4, -0.2) is 55.3 Å². The highest BCUT2D eigenvalue weighted by Gasteiger charge is 2.79. The molecule has 0 aromatic carbocycles. The third-order valence-electron chi connectivity index (χ3n) is 4.59. The zero-order valence-corrected chi connectivity index (χ0v) is 11.5. The molecule has 3 heterocycles. The molecule has 0 aromatic heterocycles. The van der Waals surface area contributed by atoms with Gasteiger partial charge in [0.2, 0.25) is 0 Å². The third kappa shape index (κ3) is 1.48. The van der Waals surface area contributed by atoms with Gasteiger partial charge in [-0.05, 0) is 0 Å². The Morgan fingerprint density at radius 2 is 2.21 bits per heavy atom. The summed E-state index contributed by atoms with van der Waals surface area (Å²) in [6.07, 6.45) is -0.534. The molecule has 2 bridgehead atoms. The molecular weight excluding hydrogens is 276 g/mol. The summed E-state index contributed by atoms with van der Waals surface area (Å²) in [6, 6.07) is 0. The average molecular weight is 292 g/mol. The maximum atomic E-state index is 12.0. The summed E-state index contributed by atoms with van der Waals surface area (Å²) in [4.78, 5) is 11.0. The molecule has 3 saturated heterocycles. The third-order valence-corrected chi connectivity index (χ3v) is 6.33. The monoisotopic (exact) mass is 292 g/mol. The van der Waals surface area contributed by atoms with Crippen LogP contribution in [-0.2, 0) is 28.6 Å². The van der Waals surface area contributed by atoms with Crippen molar-refractivity contribution in [3.8, 4) is 0 Å². The summed E-state index contributed by atoms with van der Waals surface area (Å²) in [5.41, 5.74) is -2.09. The minimum absolute atomic E-state index is 0.164. The molecule has 3 fully saturated rings. The van der Waals surface area contributed by atoms with Crippen molar-refractivity contribution >= 4 is 16.1 Å². The Labute approximate surface area is 111 Å². The first-order chi connectivity index (χ1) is 8.77. The largest absolute Gasteiger partial charge is 0.463 e. The van der Waals surface area contributed by atoms with E-state index in [1.165, 1.54) is 6.92 Å². The quantitative estimate of drug-likeness (QED) is 0.536. The highest BCUT2D eigenvalue weighted by atomic mass is 32.2. The first-order valence-electron chi connectivity index (χ1n) is 6.14. The van der Waals surface area contributed by atoms with Crippen molar-refractivity contribution in [3.63, 3.8) is 0 Å². The van der Waals surface area contributed by atoms with Crippen LogP contribution in [0.4, 0.5) is 0 Å². The molecule has 1 N–H and O–H groups in total. The maximum Gasteiger partial charge on any atom is 0.302 e. The first-order valence-corrected chi connectivity index (χ1v) is 7.61.